The molecule has 1 aliphatic heterocycles. The molecule has 2 rings (SSSR count). The Kier molecular flexibility index (Phi) is 6.34. The number of carbonyl (C=O) groups is 1. The number of oxazole rings is 1. The summed E-state index contributed by atoms with van der Waals surface area (Å²) in [6.07, 6.45) is 3.52. The first-order chi connectivity index (χ1) is 11.5. The second-order valence-corrected chi connectivity index (χ2v) is 6.24. The van der Waals surface area contributed by atoms with Gasteiger partial charge in [0.05, 0.1) is 30.8 Å². The number of hydrogen-bond acceptors (Lipinski definition) is 6. The van der Waals surface area contributed by atoms with E-state index in [2.05, 4.69) is 22.0 Å². The molecule has 7 nitrogen and oxygen atoms in total. The number of aromatic nitrogens is 1. The number of nitriles is 2. The van der Waals surface area contributed by atoms with E-state index in [1.807, 2.05) is 6.92 Å². The third-order valence-corrected chi connectivity index (χ3v) is 4.33. The van der Waals surface area contributed by atoms with Gasteiger partial charge in [0.15, 0.2) is 0 Å². The van der Waals surface area contributed by atoms with Gasteiger partial charge >= 0.3 is 0 Å². The van der Waals surface area contributed by atoms with Crippen molar-refractivity contribution in [2.45, 2.75) is 45.7 Å². The fourth-order valence-corrected chi connectivity index (χ4v) is 3.10. The lowest BCUT2D eigenvalue weighted by Crippen LogP contribution is -2.40. The average molecular weight is 329 g/mol. The summed E-state index contributed by atoms with van der Waals surface area (Å²) >= 11 is 0. The van der Waals surface area contributed by atoms with E-state index in [0.29, 0.717) is 31.8 Å². The minimum Gasteiger partial charge on any atom is -0.444 e. The van der Waals surface area contributed by atoms with Crippen molar-refractivity contribution in [2.24, 2.45) is 5.92 Å². The van der Waals surface area contributed by atoms with Crippen molar-refractivity contribution in [1.29, 1.82) is 10.5 Å². The number of amides is 1. The van der Waals surface area contributed by atoms with E-state index in [0.717, 1.165) is 25.3 Å². The Balaban J connectivity index is 1.92. The highest BCUT2D eigenvalue weighted by Crippen LogP contribution is 2.20. The predicted octanol–water partition coefficient (Wildman–Crippen LogP) is 1.85. The molecule has 0 spiro atoms. The van der Waals surface area contributed by atoms with E-state index >= 15 is 0 Å². The number of aryl methyl sites for hydroxylation is 1. The maximum Gasteiger partial charge on any atom is 0.220 e. The normalized spacial score (nSPS) is 18.8. The first kappa shape index (κ1) is 18.0. The van der Waals surface area contributed by atoms with E-state index in [1.165, 1.54) is 0 Å². The molecule has 128 valence electrons. The summed E-state index contributed by atoms with van der Waals surface area (Å²) in [5.74, 6) is 1.14. The van der Waals surface area contributed by atoms with Gasteiger partial charge < -0.3 is 9.32 Å². The van der Waals surface area contributed by atoms with Crippen LogP contribution in [-0.2, 0) is 11.3 Å². The number of carbonyl (C=O) groups excluding carboxylic acids is 1. The van der Waals surface area contributed by atoms with Crippen molar-refractivity contribution in [3.05, 3.63) is 17.8 Å². The molecule has 1 aliphatic rings. The Bertz CT molecular complexity index is 642. The largest absolute Gasteiger partial charge is 0.444 e. The molecule has 2 heterocycles. The van der Waals surface area contributed by atoms with Gasteiger partial charge in [-0.05, 0) is 19.8 Å². The topological polar surface area (TPSA) is 97.2 Å². The standard InChI is InChI=1S/C17H23N5O2/c1-13-9-20-17(24-13)12-22(14(2)23)16-5-7-21(11-16)10-15(8-19)4-3-6-18/h9,15-16H,3-5,7,10-12H2,1-2H3/t15-,16-/m0/s1. The summed E-state index contributed by atoms with van der Waals surface area (Å²) in [7, 11) is 0. The quantitative estimate of drug-likeness (QED) is 0.757. The zero-order valence-corrected chi connectivity index (χ0v) is 14.2. The summed E-state index contributed by atoms with van der Waals surface area (Å²) in [6, 6.07) is 4.47. The van der Waals surface area contributed by atoms with Crippen LogP contribution in [0.2, 0.25) is 0 Å². The van der Waals surface area contributed by atoms with Gasteiger partial charge in [0, 0.05) is 39.0 Å². The van der Waals surface area contributed by atoms with Crippen LogP contribution in [-0.4, -0.2) is 46.4 Å². The summed E-state index contributed by atoms with van der Waals surface area (Å²) in [5, 5.41) is 17.9. The van der Waals surface area contributed by atoms with Gasteiger partial charge in [-0.2, -0.15) is 10.5 Å². The highest BCUT2D eigenvalue weighted by Gasteiger charge is 2.31. The predicted molar refractivity (Wildman–Crippen MR) is 86.3 cm³/mol. The van der Waals surface area contributed by atoms with E-state index in [1.54, 1.807) is 18.0 Å². The molecule has 1 fully saturated rings. The molecule has 1 aromatic heterocycles. The van der Waals surface area contributed by atoms with Crippen molar-refractivity contribution in [3.63, 3.8) is 0 Å². The third kappa shape index (κ3) is 4.81. The molecule has 24 heavy (non-hydrogen) atoms. The molecule has 0 bridgehead atoms. The lowest BCUT2D eigenvalue weighted by Gasteiger charge is -2.27. The molecule has 7 heteroatoms. The second-order valence-electron chi connectivity index (χ2n) is 6.24. The lowest BCUT2D eigenvalue weighted by atomic mass is 10.1. The Hall–Kier alpha value is -2.38. The van der Waals surface area contributed by atoms with Crippen molar-refractivity contribution >= 4 is 5.91 Å². The third-order valence-electron chi connectivity index (χ3n) is 4.33. The molecular weight excluding hydrogens is 306 g/mol. The Labute approximate surface area is 142 Å². The van der Waals surface area contributed by atoms with E-state index in [-0.39, 0.29) is 17.9 Å². The van der Waals surface area contributed by atoms with Gasteiger partial charge in [-0.3, -0.25) is 9.69 Å². The SMILES string of the molecule is CC(=O)N(Cc1ncc(C)o1)[C@H]1CCN(C[C@H](C#N)CCC#N)C1. The van der Waals surface area contributed by atoms with Crippen LogP contribution in [0.5, 0.6) is 0 Å². The van der Waals surface area contributed by atoms with Gasteiger partial charge in [-0.15, -0.1) is 0 Å². The van der Waals surface area contributed by atoms with Crippen LogP contribution >= 0.6 is 0 Å². The summed E-state index contributed by atoms with van der Waals surface area (Å²) in [5.41, 5.74) is 0. The smallest absolute Gasteiger partial charge is 0.220 e. The lowest BCUT2D eigenvalue weighted by molar-refractivity contribution is -0.132. The fourth-order valence-electron chi connectivity index (χ4n) is 3.10. The van der Waals surface area contributed by atoms with E-state index in [9.17, 15) is 10.1 Å². The van der Waals surface area contributed by atoms with Gasteiger partial charge in [0.2, 0.25) is 11.8 Å². The van der Waals surface area contributed by atoms with Crippen LogP contribution in [0.1, 0.15) is 37.8 Å². The minimum atomic E-state index is -0.136. The summed E-state index contributed by atoms with van der Waals surface area (Å²) in [6.45, 7) is 6.00. The molecule has 0 unspecified atom stereocenters. The molecule has 1 saturated heterocycles. The number of hydrogen-bond donors (Lipinski definition) is 0. The molecule has 1 amide bonds. The van der Waals surface area contributed by atoms with Crippen molar-refractivity contribution in [1.82, 2.24) is 14.8 Å². The van der Waals surface area contributed by atoms with Gasteiger partial charge in [0.1, 0.15) is 5.76 Å². The Morgan fingerprint density at radius 1 is 1.58 bits per heavy atom. The maximum absolute atomic E-state index is 12.0. The number of nitrogens with zero attached hydrogens (tertiary/aromatic N) is 5. The molecule has 0 N–H and O–H groups in total. The van der Waals surface area contributed by atoms with Crippen LogP contribution in [0.3, 0.4) is 0 Å². The van der Waals surface area contributed by atoms with Crippen LogP contribution < -0.4 is 0 Å². The second kappa shape index (κ2) is 8.47. The first-order valence-corrected chi connectivity index (χ1v) is 8.21. The average Bonchev–Trinajstić information content (AvgIpc) is 3.17. The molecule has 0 aliphatic carbocycles. The highest BCUT2D eigenvalue weighted by atomic mass is 16.4. The molecule has 2 atom stereocenters. The zero-order chi connectivity index (χ0) is 17.5. The Morgan fingerprint density at radius 3 is 2.96 bits per heavy atom. The minimum absolute atomic E-state index is 0.000910. The van der Waals surface area contributed by atoms with Crippen LogP contribution in [0.15, 0.2) is 10.6 Å². The summed E-state index contributed by atoms with van der Waals surface area (Å²) in [4.78, 5) is 20.2. The van der Waals surface area contributed by atoms with Crippen LogP contribution in [0, 0.1) is 35.5 Å². The Morgan fingerprint density at radius 2 is 2.38 bits per heavy atom. The van der Waals surface area contributed by atoms with Crippen LogP contribution in [0.4, 0.5) is 0 Å². The molecule has 0 saturated carbocycles. The molecule has 1 aromatic rings. The van der Waals surface area contributed by atoms with E-state index in [4.69, 9.17) is 9.68 Å². The fraction of sp³-hybridized carbons (Fsp3) is 0.647. The zero-order valence-electron chi connectivity index (χ0n) is 14.2. The maximum atomic E-state index is 12.0. The van der Waals surface area contributed by atoms with E-state index < -0.39 is 0 Å². The summed E-state index contributed by atoms with van der Waals surface area (Å²) < 4.78 is 5.48. The molecular formula is C17H23N5O2. The van der Waals surface area contributed by atoms with Gasteiger partial charge in [0.25, 0.3) is 0 Å². The number of likely N-dealkylation sites (tertiary alicyclic amines) is 1. The van der Waals surface area contributed by atoms with Gasteiger partial charge in [-0.25, -0.2) is 4.98 Å². The van der Waals surface area contributed by atoms with Gasteiger partial charge in [-0.1, -0.05) is 0 Å². The van der Waals surface area contributed by atoms with Crippen molar-refractivity contribution < 1.29 is 9.21 Å². The monoisotopic (exact) mass is 329 g/mol. The highest BCUT2D eigenvalue weighted by molar-refractivity contribution is 5.73. The van der Waals surface area contributed by atoms with Crippen molar-refractivity contribution in [2.75, 3.05) is 19.6 Å². The number of rotatable bonds is 7. The first-order valence-electron chi connectivity index (χ1n) is 8.21. The van der Waals surface area contributed by atoms with Crippen LogP contribution in [0.25, 0.3) is 0 Å². The van der Waals surface area contributed by atoms with Crippen molar-refractivity contribution in [3.8, 4) is 12.1 Å². The molecule has 0 radical (unpaired) electrons. The molecule has 0 aromatic carbocycles.